The van der Waals surface area contributed by atoms with E-state index in [1.807, 2.05) is 9.80 Å². The predicted molar refractivity (Wildman–Crippen MR) is 73.3 cm³/mol. The highest BCUT2D eigenvalue weighted by Crippen LogP contribution is 2.24. The van der Waals surface area contributed by atoms with Gasteiger partial charge in [0.15, 0.2) is 0 Å². The summed E-state index contributed by atoms with van der Waals surface area (Å²) >= 11 is 0. The van der Waals surface area contributed by atoms with Crippen molar-refractivity contribution >= 4 is 6.03 Å². The number of urea groups is 1. The third-order valence-corrected chi connectivity index (χ3v) is 4.61. The first-order valence-electron chi connectivity index (χ1n) is 7.35. The number of hydrogen-bond donors (Lipinski definition) is 1. The summed E-state index contributed by atoms with van der Waals surface area (Å²) in [6.07, 6.45) is 3.50. The predicted octanol–water partition coefficient (Wildman–Crippen LogP) is 1.76. The fraction of sp³-hybridized carbons (Fsp3) is 0.929. The van der Waals surface area contributed by atoms with E-state index in [4.69, 9.17) is 5.73 Å². The second-order valence-corrected chi connectivity index (χ2v) is 6.18. The molecule has 2 fully saturated rings. The molecule has 2 rings (SSSR count). The lowest BCUT2D eigenvalue weighted by atomic mass is 9.87. The number of nitrogens with zero attached hydrogens (tertiary/aromatic N) is 2. The quantitative estimate of drug-likeness (QED) is 0.774. The van der Waals surface area contributed by atoms with Crippen molar-refractivity contribution in [2.24, 2.45) is 23.5 Å². The third-order valence-electron chi connectivity index (χ3n) is 4.61. The average molecular weight is 253 g/mol. The monoisotopic (exact) mass is 253 g/mol. The Morgan fingerprint density at radius 1 is 1.17 bits per heavy atom. The first-order valence-corrected chi connectivity index (χ1v) is 7.35. The first-order chi connectivity index (χ1) is 8.61. The van der Waals surface area contributed by atoms with Gasteiger partial charge in [0, 0.05) is 26.2 Å². The molecule has 2 N–H and O–H groups in total. The Kier molecular flexibility index (Phi) is 4.49. The summed E-state index contributed by atoms with van der Waals surface area (Å²) < 4.78 is 0. The molecule has 0 radical (unpaired) electrons. The molecule has 3 unspecified atom stereocenters. The number of carbonyl (C=O) groups is 1. The molecule has 3 atom stereocenters. The maximum atomic E-state index is 12.5. The molecular weight excluding hydrogens is 226 g/mol. The van der Waals surface area contributed by atoms with Crippen LogP contribution in [-0.2, 0) is 0 Å². The van der Waals surface area contributed by atoms with E-state index in [1.54, 1.807) is 0 Å². The standard InChI is InChI=1S/C14H27N3O/c1-11-4-3-6-16(9-11)14(18)17-7-5-12(2)13(8-15)10-17/h11-13H,3-10,15H2,1-2H3. The lowest BCUT2D eigenvalue weighted by Gasteiger charge is -2.41. The number of hydrogen-bond acceptors (Lipinski definition) is 2. The van der Waals surface area contributed by atoms with Crippen LogP contribution in [0.4, 0.5) is 4.79 Å². The number of amides is 2. The summed E-state index contributed by atoms with van der Waals surface area (Å²) in [7, 11) is 0. The zero-order valence-electron chi connectivity index (χ0n) is 11.8. The minimum absolute atomic E-state index is 0.243. The van der Waals surface area contributed by atoms with E-state index in [0.29, 0.717) is 24.3 Å². The van der Waals surface area contributed by atoms with E-state index in [9.17, 15) is 4.79 Å². The summed E-state index contributed by atoms with van der Waals surface area (Å²) in [5, 5.41) is 0. The molecule has 104 valence electrons. The normalized spacial score (nSPS) is 33.6. The number of piperidine rings is 2. The molecule has 0 aromatic carbocycles. The lowest BCUT2D eigenvalue weighted by molar-refractivity contribution is 0.0978. The fourth-order valence-electron chi connectivity index (χ4n) is 3.19. The van der Waals surface area contributed by atoms with Crippen molar-refractivity contribution < 1.29 is 4.79 Å². The Labute approximate surface area is 110 Å². The van der Waals surface area contributed by atoms with Crippen LogP contribution in [0.2, 0.25) is 0 Å². The van der Waals surface area contributed by atoms with Gasteiger partial charge in [-0.3, -0.25) is 0 Å². The third kappa shape index (κ3) is 2.97. The van der Waals surface area contributed by atoms with Crippen LogP contribution in [0.5, 0.6) is 0 Å². The van der Waals surface area contributed by atoms with Crippen molar-refractivity contribution in [2.45, 2.75) is 33.1 Å². The Morgan fingerprint density at radius 2 is 1.89 bits per heavy atom. The molecule has 2 amide bonds. The molecule has 0 aliphatic carbocycles. The van der Waals surface area contributed by atoms with E-state index in [1.165, 1.54) is 6.42 Å². The Hall–Kier alpha value is -0.770. The maximum absolute atomic E-state index is 12.5. The van der Waals surface area contributed by atoms with Gasteiger partial charge in [-0.05, 0) is 43.6 Å². The van der Waals surface area contributed by atoms with Crippen molar-refractivity contribution in [3.8, 4) is 0 Å². The van der Waals surface area contributed by atoms with Crippen molar-refractivity contribution in [2.75, 3.05) is 32.7 Å². The highest BCUT2D eigenvalue weighted by atomic mass is 16.2. The molecule has 0 spiro atoms. The second kappa shape index (κ2) is 5.91. The highest BCUT2D eigenvalue weighted by Gasteiger charge is 2.31. The van der Waals surface area contributed by atoms with Gasteiger partial charge >= 0.3 is 6.03 Å². The maximum Gasteiger partial charge on any atom is 0.320 e. The Balaban J connectivity index is 1.92. The van der Waals surface area contributed by atoms with Crippen molar-refractivity contribution in [1.29, 1.82) is 0 Å². The highest BCUT2D eigenvalue weighted by molar-refractivity contribution is 5.74. The van der Waals surface area contributed by atoms with Gasteiger partial charge in [-0.25, -0.2) is 4.79 Å². The van der Waals surface area contributed by atoms with Gasteiger partial charge in [-0.1, -0.05) is 13.8 Å². The molecule has 2 saturated heterocycles. The molecule has 2 heterocycles. The largest absolute Gasteiger partial charge is 0.330 e. The zero-order chi connectivity index (χ0) is 13.1. The minimum Gasteiger partial charge on any atom is -0.330 e. The summed E-state index contributed by atoms with van der Waals surface area (Å²) in [5.74, 6) is 1.78. The van der Waals surface area contributed by atoms with E-state index in [2.05, 4.69) is 13.8 Å². The first kappa shape index (κ1) is 13.7. The summed E-state index contributed by atoms with van der Waals surface area (Å²) in [6, 6.07) is 0.243. The molecule has 18 heavy (non-hydrogen) atoms. The molecule has 0 aromatic rings. The van der Waals surface area contributed by atoms with Crippen LogP contribution in [0.15, 0.2) is 0 Å². The lowest BCUT2D eigenvalue weighted by Crippen LogP contribution is -2.52. The summed E-state index contributed by atoms with van der Waals surface area (Å²) in [4.78, 5) is 16.5. The number of rotatable bonds is 1. The van der Waals surface area contributed by atoms with E-state index in [0.717, 1.165) is 39.0 Å². The SMILES string of the molecule is CC1CCCN(C(=O)N2CCC(C)C(CN)C2)C1. The van der Waals surface area contributed by atoms with E-state index >= 15 is 0 Å². The molecule has 4 heteroatoms. The molecular formula is C14H27N3O. The van der Waals surface area contributed by atoms with Gasteiger partial charge in [-0.15, -0.1) is 0 Å². The fourth-order valence-corrected chi connectivity index (χ4v) is 3.19. The Bertz CT molecular complexity index is 295. The van der Waals surface area contributed by atoms with Gasteiger partial charge in [-0.2, -0.15) is 0 Å². The van der Waals surface area contributed by atoms with Crippen LogP contribution < -0.4 is 5.73 Å². The molecule has 0 aromatic heterocycles. The molecule has 2 aliphatic heterocycles. The van der Waals surface area contributed by atoms with Crippen LogP contribution >= 0.6 is 0 Å². The van der Waals surface area contributed by atoms with Crippen LogP contribution in [0.1, 0.15) is 33.1 Å². The summed E-state index contributed by atoms with van der Waals surface area (Å²) in [5.41, 5.74) is 5.80. The van der Waals surface area contributed by atoms with E-state index in [-0.39, 0.29) is 6.03 Å². The van der Waals surface area contributed by atoms with Crippen molar-refractivity contribution in [3.05, 3.63) is 0 Å². The van der Waals surface area contributed by atoms with Crippen LogP contribution in [-0.4, -0.2) is 48.6 Å². The van der Waals surface area contributed by atoms with E-state index < -0.39 is 0 Å². The topological polar surface area (TPSA) is 49.6 Å². The van der Waals surface area contributed by atoms with Gasteiger partial charge < -0.3 is 15.5 Å². The van der Waals surface area contributed by atoms with Crippen LogP contribution in [0, 0.1) is 17.8 Å². The van der Waals surface area contributed by atoms with Crippen LogP contribution in [0.3, 0.4) is 0 Å². The smallest absolute Gasteiger partial charge is 0.320 e. The number of likely N-dealkylation sites (tertiary alicyclic amines) is 2. The second-order valence-electron chi connectivity index (χ2n) is 6.18. The van der Waals surface area contributed by atoms with Gasteiger partial charge in [0.2, 0.25) is 0 Å². The average Bonchev–Trinajstić information content (AvgIpc) is 2.38. The summed E-state index contributed by atoms with van der Waals surface area (Å²) in [6.45, 7) is 8.80. The van der Waals surface area contributed by atoms with Crippen LogP contribution in [0.25, 0.3) is 0 Å². The van der Waals surface area contributed by atoms with Gasteiger partial charge in [0.05, 0.1) is 0 Å². The zero-order valence-corrected chi connectivity index (χ0v) is 11.8. The van der Waals surface area contributed by atoms with Crippen molar-refractivity contribution in [3.63, 3.8) is 0 Å². The molecule has 0 bridgehead atoms. The van der Waals surface area contributed by atoms with Gasteiger partial charge in [0.25, 0.3) is 0 Å². The molecule has 2 aliphatic rings. The Morgan fingerprint density at radius 3 is 2.56 bits per heavy atom. The van der Waals surface area contributed by atoms with Gasteiger partial charge in [0.1, 0.15) is 0 Å². The minimum atomic E-state index is 0.243. The van der Waals surface area contributed by atoms with Crippen molar-refractivity contribution in [1.82, 2.24) is 9.80 Å². The molecule has 4 nitrogen and oxygen atoms in total. The number of carbonyl (C=O) groups excluding carboxylic acids is 1. The molecule has 0 saturated carbocycles. The number of nitrogens with two attached hydrogens (primary N) is 1.